The monoisotopic (exact) mass is 410 g/mol. The van der Waals surface area contributed by atoms with Crippen LogP contribution >= 0.6 is 0 Å². The fourth-order valence-corrected chi connectivity index (χ4v) is 7.01. The van der Waals surface area contributed by atoms with Crippen LogP contribution in [0.2, 0.25) is 0 Å². The largest absolute Gasteiger partial charge is 0.494 e. The van der Waals surface area contributed by atoms with Crippen molar-refractivity contribution < 1.29 is 4.74 Å². The Morgan fingerprint density at radius 3 is 2.07 bits per heavy atom. The summed E-state index contributed by atoms with van der Waals surface area (Å²) in [5.74, 6) is 7.01. The Kier molecular flexibility index (Phi) is 8.19. The van der Waals surface area contributed by atoms with Gasteiger partial charge in [-0.3, -0.25) is 0 Å². The summed E-state index contributed by atoms with van der Waals surface area (Å²) in [6, 6.07) is 9.08. The van der Waals surface area contributed by atoms with Gasteiger partial charge in [0.1, 0.15) is 5.75 Å². The Morgan fingerprint density at radius 1 is 0.700 bits per heavy atom. The van der Waals surface area contributed by atoms with Gasteiger partial charge in [0.05, 0.1) is 6.61 Å². The second-order valence-electron chi connectivity index (χ2n) is 11.0. The van der Waals surface area contributed by atoms with E-state index >= 15 is 0 Å². The van der Waals surface area contributed by atoms with Crippen molar-refractivity contribution in [2.75, 3.05) is 6.61 Å². The van der Waals surface area contributed by atoms with E-state index in [0.29, 0.717) is 0 Å². The second kappa shape index (κ2) is 11.1. The lowest BCUT2D eigenvalue weighted by Crippen LogP contribution is -2.30. The number of hydrogen-bond acceptors (Lipinski definition) is 1. The van der Waals surface area contributed by atoms with E-state index in [0.717, 1.165) is 54.3 Å². The molecule has 30 heavy (non-hydrogen) atoms. The highest BCUT2D eigenvalue weighted by Crippen LogP contribution is 2.49. The van der Waals surface area contributed by atoms with Gasteiger partial charge in [0.15, 0.2) is 0 Å². The van der Waals surface area contributed by atoms with Crippen LogP contribution in [0.25, 0.3) is 0 Å². The molecule has 0 aromatic heterocycles. The zero-order chi connectivity index (χ0) is 20.8. The maximum atomic E-state index is 5.77. The molecule has 0 spiro atoms. The van der Waals surface area contributed by atoms with Crippen molar-refractivity contribution in [3.63, 3.8) is 0 Å². The second-order valence-corrected chi connectivity index (χ2v) is 11.0. The van der Waals surface area contributed by atoms with Gasteiger partial charge in [-0.1, -0.05) is 77.3 Å². The van der Waals surface area contributed by atoms with E-state index in [9.17, 15) is 0 Å². The van der Waals surface area contributed by atoms with Gasteiger partial charge in [0.2, 0.25) is 0 Å². The predicted molar refractivity (Wildman–Crippen MR) is 128 cm³/mol. The predicted octanol–water partition coefficient (Wildman–Crippen LogP) is 8.77. The first kappa shape index (κ1) is 22.2. The van der Waals surface area contributed by atoms with Crippen molar-refractivity contribution in [1.29, 1.82) is 0 Å². The average Bonchev–Trinajstić information content (AvgIpc) is 2.81. The third-order valence-electron chi connectivity index (χ3n) is 9.07. The summed E-state index contributed by atoms with van der Waals surface area (Å²) in [6.07, 6.45) is 20.5. The quantitative estimate of drug-likeness (QED) is 0.416. The van der Waals surface area contributed by atoms with E-state index in [-0.39, 0.29) is 0 Å². The number of ether oxygens (including phenoxy) is 1. The standard InChI is InChI=1S/C29H46O/c1-3-19-30-29-17-15-25(16-18-29)27-14-13-26-20-24(11-12-28(26)21-27)10-9-23-7-5-22(4-2)6-8-23/h15-18,22-24,26-28H,3-14,19-21H2,1-2H3. The normalized spacial score (nSPS) is 34.3. The first-order chi connectivity index (χ1) is 14.7. The van der Waals surface area contributed by atoms with Gasteiger partial charge in [-0.2, -0.15) is 0 Å². The molecule has 0 saturated heterocycles. The zero-order valence-electron chi connectivity index (χ0n) is 19.8. The van der Waals surface area contributed by atoms with Crippen LogP contribution in [0.1, 0.15) is 115 Å². The van der Waals surface area contributed by atoms with Crippen molar-refractivity contribution in [3.8, 4) is 5.75 Å². The first-order valence-corrected chi connectivity index (χ1v) is 13.5. The maximum absolute atomic E-state index is 5.77. The highest BCUT2D eigenvalue weighted by atomic mass is 16.5. The smallest absolute Gasteiger partial charge is 0.119 e. The molecule has 1 aromatic rings. The van der Waals surface area contributed by atoms with Crippen LogP contribution in [0.15, 0.2) is 24.3 Å². The van der Waals surface area contributed by atoms with Gasteiger partial charge in [-0.15, -0.1) is 0 Å². The molecule has 1 heteroatoms. The lowest BCUT2D eigenvalue weighted by atomic mass is 9.63. The van der Waals surface area contributed by atoms with E-state index in [4.69, 9.17) is 4.74 Å². The number of fused-ring (bicyclic) bond motifs is 1. The third kappa shape index (κ3) is 5.83. The Hall–Kier alpha value is -0.980. The molecule has 4 unspecified atom stereocenters. The lowest BCUT2D eigenvalue weighted by Gasteiger charge is -2.43. The summed E-state index contributed by atoms with van der Waals surface area (Å²) in [4.78, 5) is 0. The summed E-state index contributed by atoms with van der Waals surface area (Å²) in [5, 5.41) is 0. The topological polar surface area (TPSA) is 9.23 Å². The van der Waals surface area contributed by atoms with Gasteiger partial charge in [0.25, 0.3) is 0 Å². The van der Waals surface area contributed by atoms with Crippen LogP contribution in [0.4, 0.5) is 0 Å². The molecule has 3 fully saturated rings. The minimum Gasteiger partial charge on any atom is -0.494 e. The fraction of sp³-hybridized carbons (Fsp3) is 0.793. The van der Waals surface area contributed by atoms with E-state index < -0.39 is 0 Å². The SMILES string of the molecule is CCCOc1ccc(C2CCC3CC(CCC4CCC(CC)CC4)CCC3C2)cc1. The van der Waals surface area contributed by atoms with E-state index in [1.165, 1.54) is 77.0 Å². The van der Waals surface area contributed by atoms with Crippen LogP contribution < -0.4 is 4.74 Å². The number of rotatable bonds is 8. The van der Waals surface area contributed by atoms with Crippen molar-refractivity contribution in [2.45, 2.75) is 110 Å². The Morgan fingerprint density at radius 2 is 1.33 bits per heavy atom. The molecule has 0 heterocycles. The molecule has 4 atom stereocenters. The molecule has 0 aliphatic heterocycles. The highest BCUT2D eigenvalue weighted by molar-refractivity contribution is 5.30. The molecule has 0 radical (unpaired) electrons. The van der Waals surface area contributed by atoms with E-state index in [1.54, 1.807) is 12.0 Å². The zero-order valence-corrected chi connectivity index (χ0v) is 19.8. The van der Waals surface area contributed by atoms with Crippen molar-refractivity contribution in [1.82, 2.24) is 0 Å². The van der Waals surface area contributed by atoms with Crippen molar-refractivity contribution in [3.05, 3.63) is 29.8 Å². The van der Waals surface area contributed by atoms with Crippen LogP contribution in [0, 0.1) is 29.6 Å². The van der Waals surface area contributed by atoms with Gasteiger partial charge in [-0.25, -0.2) is 0 Å². The molecular weight excluding hydrogens is 364 g/mol. The van der Waals surface area contributed by atoms with E-state index in [2.05, 4.69) is 38.1 Å². The van der Waals surface area contributed by atoms with E-state index in [1.807, 2.05) is 0 Å². The summed E-state index contributed by atoms with van der Waals surface area (Å²) >= 11 is 0. The number of hydrogen-bond donors (Lipinski definition) is 0. The van der Waals surface area contributed by atoms with Crippen molar-refractivity contribution in [2.24, 2.45) is 29.6 Å². The third-order valence-corrected chi connectivity index (χ3v) is 9.07. The maximum Gasteiger partial charge on any atom is 0.119 e. The summed E-state index contributed by atoms with van der Waals surface area (Å²) < 4.78 is 5.77. The Labute approximate surface area is 186 Å². The molecule has 0 bridgehead atoms. The molecule has 168 valence electrons. The molecule has 1 nitrogen and oxygen atoms in total. The minimum atomic E-state index is 0.789. The van der Waals surface area contributed by atoms with Gasteiger partial charge in [0, 0.05) is 0 Å². The molecular formula is C29H46O. The molecule has 3 saturated carbocycles. The molecule has 0 N–H and O–H groups in total. The summed E-state index contributed by atoms with van der Waals surface area (Å²) in [5.41, 5.74) is 1.56. The number of benzene rings is 1. The summed E-state index contributed by atoms with van der Waals surface area (Å²) in [7, 11) is 0. The molecule has 3 aliphatic carbocycles. The van der Waals surface area contributed by atoms with Crippen LogP contribution in [-0.4, -0.2) is 6.61 Å². The minimum absolute atomic E-state index is 0.789. The highest BCUT2D eigenvalue weighted by Gasteiger charge is 2.36. The van der Waals surface area contributed by atoms with Crippen LogP contribution in [0.5, 0.6) is 5.75 Å². The Balaban J connectivity index is 1.20. The average molecular weight is 411 g/mol. The molecule has 1 aromatic carbocycles. The molecule has 3 aliphatic rings. The Bertz CT molecular complexity index is 612. The van der Waals surface area contributed by atoms with Gasteiger partial charge < -0.3 is 4.74 Å². The summed E-state index contributed by atoms with van der Waals surface area (Å²) in [6.45, 7) is 5.38. The van der Waals surface area contributed by atoms with Crippen molar-refractivity contribution >= 4 is 0 Å². The molecule has 0 amide bonds. The van der Waals surface area contributed by atoms with Gasteiger partial charge >= 0.3 is 0 Å². The first-order valence-electron chi connectivity index (χ1n) is 13.5. The fourth-order valence-electron chi connectivity index (χ4n) is 7.01. The van der Waals surface area contributed by atoms with Crippen LogP contribution in [0.3, 0.4) is 0 Å². The van der Waals surface area contributed by atoms with Gasteiger partial charge in [-0.05, 0) is 91.7 Å². The lowest BCUT2D eigenvalue weighted by molar-refractivity contribution is 0.109. The molecule has 4 rings (SSSR count). The van der Waals surface area contributed by atoms with Crippen LogP contribution in [-0.2, 0) is 0 Å².